The summed E-state index contributed by atoms with van der Waals surface area (Å²) in [5.74, 6) is -0.342. The van der Waals surface area contributed by atoms with E-state index >= 15 is 0 Å². The number of urea groups is 1. The van der Waals surface area contributed by atoms with Gasteiger partial charge in [0.2, 0.25) is 11.8 Å². The van der Waals surface area contributed by atoms with Crippen molar-refractivity contribution in [1.29, 1.82) is 0 Å². The highest BCUT2D eigenvalue weighted by molar-refractivity contribution is 8.01. The molecule has 4 atom stereocenters. The van der Waals surface area contributed by atoms with Crippen molar-refractivity contribution >= 4 is 41.0 Å². The molecule has 6 rings (SSSR count). The van der Waals surface area contributed by atoms with E-state index in [1.807, 2.05) is 42.5 Å². The second kappa shape index (κ2) is 10.5. The van der Waals surface area contributed by atoms with Gasteiger partial charge in [0.05, 0.1) is 23.1 Å². The zero-order valence-electron chi connectivity index (χ0n) is 21.2. The third-order valence-electron chi connectivity index (χ3n) is 7.39. The van der Waals surface area contributed by atoms with Crippen LogP contribution >= 0.6 is 11.8 Å². The number of thioether (sulfide) groups is 1. The van der Waals surface area contributed by atoms with E-state index in [0.717, 1.165) is 41.1 Å². The molecule has 4 amide bonds. The van der Waals surface area contributed by atoms with Crippen molar-refractivity contribution in [3.8, 4) is 11.3 Å². The van der Waals surface area contributed by atoms with E-state index in [-0.39, 0.29) is 29.9 Å². The van der Waals surface area contributed by atoms with Gasteiger partial charge in [0.1, 0.15) is 10.3 Å². The van der Waals surface area contributed by atoms with Gasteiger partial charge in [-0.05, 0) is 50.0 Å². The molecule has 2 aromatic heterocycles. The molecule has 1 aromatic carbocycles. The number of nitrogens with zero attached hydrogens (tertiary/aromatic N) is 3. The maximum Gasteiger partial charge on any atom is 0.327 e. The van der Waals surface area contributed by atoms with Crippen molar-refractivity contribution in [3.63, 3.8) is 0 Å². The third-order valence-corrected chi connectivity index (χ3v) is 8.68. The number of rotatable bonds is 6. The van der Waals surface area contributed by atoms with Gasteiger partial charge in [0.15, 0.2) is 0 Å². The van der Waals surface area contributed by atoms with E-state index < -0.39 is 11.3 Å². The van der Waals surface area contributed by atoms with E-state index in [0.29, 0.717) is 17.8 Å². The van der Waals surface area contributed by atoms with Crippen molar-refractivity contribution in [2.45, 2.75) is 54.1 Å². The summed E-state index contributed by atoms with van der Waals surface area (Å²) >= 11 is 1.37. The lowest BCUT2D eigenvalue weighted by Gasteiger charge is -2.35. The molecule has 3 aliphatic rings. The molecule has 9 nitrogen and oxygen atoms in total. The maximum absolute atomic E-state index is 13.5. The fraction of sp³-hybridized carbons (Fsp3) is 0.276. The molecule has 198 valence electrons. The molecule has 0 bridgehead atoms. The highest BCUT2D eigenvalue weighted by atomic mass is 32.2. The van der Waals surface area contributed by atoms with Gasteiger partial charge in [-0.3, -0.25) is 19.5 Å². The van der Waals surface area contributed by atoms with Crippen molar-refractivity contribution < 1.29 is 14.4 Å². The first-order chi connectivity index (χ1) is 19.0. The minimum Gasteiger partial charge on any atom is -0.352 e. The number of benzene rings is 1. The minimum absolute atomic E-state index is 0.000304. The number of nitrogens with one attached hydrogen (secondary N) is 3. The van der Waals surface area contributed by atoms with Crippen LogP contribution in [0.25, 0.3) is 11.3 Å². The first kappa shape index (κ1) is 25.1. The van der Waals surface area contributed by atoms with Crippen LogP contribution in [-0.2, 0) is 9.59 Å². The lowest BCUT2D eigenvalue weighted by Crippen LogP contribution is -2.51. The molecule has 3 N–H and O–H groups in total. The van der Waals surface area contributed by atoms with E-state index in [1.54, 1.807) is 23.4 Å². The average Bonchev–Trinajstić information content (AvgIpc) is 3.33. The third kappa shape index (κ3) is 4.87. The number of anilines is 2. The topological polar surface area (TPSA) is 116 Å². The second-order valence-electron chi connectivity index (χ2n) is 9.90. The Morgan fingerprint density at radius 3 is 2.62 bits per heavy atom. The van der Waals surface area contributed by atoms with Crippen molar-refractivity contribution in [3.05, 3.63) is 79.1 Å². The number of hydrogen-bond donors (Lipinski definition) is 3. The zero-order valence-corrected chi connectivity index (χ0v) is 22.0. The van der Waals surface area contributed by atoms with Crippen molar-refractivity contribution in [2.75, 3.05) is 4.90 Å². The Labute approximate surface area is 230 Å². The summed E-state index contributed by atoms with van der Waals surface area (Å²) < 4.78 is 0. The van der Waals surface area contributed by atoms with Gasteiger partial charge in [-0.1, -0.05) is 48.7 Å². The average molecular weight is 541 g/mol. The predicted molar refractivity (Wildman–Crippen MR) is 149 cm³/mol. The van der Waals surface area contributed by atoms with Crippen LogP contribution in [0.1, 0.15) is 37.3 Å². The second-order valence-corrected chi connectivity index (χ2v) is 11.0. The molecule has 0 saturated heterocycles. The van der Waals surface area contributed by atoms with Gasteiger partial charge in [-0.15, -0.1) is 0 Å². The largest absolute Gasteiger partial charge is 0.352 e. The Bertz CT molecular complexity index is 1450. The highest BCUT2D eigenvalue weighted by Gasteiger charge is 2.47. The van der Waals surface area contributed by atoms with Gasteiger partial charge in [0, 0.05) is 35.6 Å². The standard InChI is InChI=1S/C29H28N6O3S/c1-2-23(36)32-18-9-6-10-19(15-18)33-27(37)26-25-24-22(12-14-31-28(24)39-26)35(29(38)34-25)20-11-13-30-21(16-20)17-7-4-3-5-8-17/h2-5,7-8,11-14,16,18-19,25-26H,1,6,9-10,15H2,(H,32,36)(H,33,37)(H,34,38)/t18-,19-,25?,26?/m0/s1. The molecular weight excluding hydrogens is 512 g/mol. The van der Waals surface area contributed by atoms with Gasteiger partial charge in [-0.25, -0.2) is 9.78 Å². The molecule has 0 radical (unpaired) electrons. The Kier molecular flexibility index (Phi) is 6.78. The molecule has 0 spiro atoms. The molecule has 4 heterocycles. The number of aromatic nitrogens is 2. The predicted octanol–water partition coefficient (Wildman–Crippen LogP) is 4.25. The first-order valence-electron chi connectivity index (χ1n) is 13.0. The lowest BCUT2D eigenvalue weighted by molar-refractivity contribution is -0.121. The molecule has 1 saturated carbocycles. The summed E-state index contributed by atoms with van der Waals surface area (Å²) in [5.41, 5.74) is 3.96. The quantitative estimate of drug-likeness (QED) is 0.403. The first-order valence-corrected chi connectivity index (χ1v) is 13.9. The Morgan fingerprint density at radius 2 is 1.82 bits per heavy atom. The SMILES string of the molecule is C=CC(=O)N[C@H]1CCC[C@H](NC(=O)C2Sc3nccc4c3C2NC(=O)N4c2ccnc(-c3ccccc3)c2)C1. The van der Waals surface area contributed by atoms with Crippen LogP contribution in [0.5, 0.6) is 0 Å². The molecular formula is C29H28N6O3S. The van der Waals surface area contributed by atoms with E-state index in [9.17, 15) is 14.4 Å². The fourth-order valence-electron chi connectivity index (χ4n) is 5.60. The molecule has 3 aromatic rings. The monoisotopic (exact) mass is 540 g/mol. The van der Waals surface area contributed by atoms with E-state index in [4.69, 9.17) is 0 Å². The number of amides is 4. The Balaban J connectivity index is 1.23. The summed E-state index contributed by atoms with van der Waals surface area (Å²) in [5, 5.41) is 9.38. The van der Waals surface area contributed by atoms with Crippen LogP contribution in [0.3, 0.4) is 0 Å². The molecule has 39 heavy (non-hydrogen) atoms. The number of pyridine rings is 2. The molecule has 2 aliphatic heterocycles. The van der Waals surface area contributed by atoms with Gasteiger partial charge >= 0.3 is 6.03 Å². The van der Waals surface area contributed by atoms with Gasteiger partial charge in [-0.2, -0.15) is 0 Å². The van der Waals surface area contributed by atoms with Crippen LogP contribution in [0.2, 0.25) is 0 Å². The van der Waals surface area contributed by atoms with Crippen LogP contribution in [0.15, 0.2) is 78.6 Å². The normalized spacial score (nSPS) is 23.4. The molecule has 1 aliphatic carbocycles. The van der Waals surface area contributed by atoms with Crippen LogP contribution in [-0.4, -0.2) is 45.1 Å². The smallest absolute Gasteiger partial charge is 0.327 e. The summed E-state index contributed by atoms with van der Waals surface area (Å²) in [6.45, 7) is 3.51. The fourth-order valence-corrected chi connectivity index (χ4v) is 6.84. The van der Waals surface area contributed by atoms with Crippen LogP contribution in [0, 0.1) is 0 Å². The van der Waals surface area contributed by atoms with E-state index in [2.05, 4.69) is 32.5 Å². The number of carbonyl (C=O) groups is 3. The van der Waals surface area contributed by atoms with Crippen LogP contribution < -0.4 is 20.9 Å². The molecule has 1 fully saturated rings. The lowest BCUT2D eigenvalue weighted by atomic mass is 9.90. The maximum atomic E-state index is 13.5. The van der Waals surface area contributed by atoms with Crippen LogP contribution in [0.4, 0.5) is 16.2 Å². The van der Waals surface area contributed by atoms with Gasteiger partial charge in [0.25, 0.3) is 0 Å². The number of hydrogen-bond acceptors (Lipinski definition) is 6. The summed E-state index contributed by atoms with van der Waals surface area (Å²) in [4.78, 5) is 49.4. The highest BCUT2D eigenvalue weighted by Crippen LogP contribution is 2.50. The van der Waals surface area contributed by atoms with Crippen molar-refractivity contribution in [1.82, 2.24) is 25.9 Å². The summed E-state index contributed by atoms with van der Waals surface area (Å²) in [6, 6.07) is 14.5. The number of carbonyl (C=O) groups excluding carboxylic acids is 3. The van der Waals surface area contributed by atoms with E-state index in [1.165, 1.54) is 17.8 Å². The Hall–Kier alpha value is -4.18. The Morgan fingerprint density at radius 1 is 1.05 bits per heavy atom. The zero-order chi connectivity index (χ0) is 26.9. The molecule has 2 unspecified atom stereocenters. The molecule has 10 heteroatoms. The van der Waals surface area contributed by atoms with Gasteiger partial charge < -0.3 is 16.0 Å². The minimum atomic E-state index is -0.541. The summed E-state index contributed by atoms with van der Waals surface area (Å²) in [6.07, 6.45) is 7.92. The summed E-state index contributed by atoms with van der Waals surface area (Å²) in [7, 11) is 0. The van der Waals surface area contributed by atoms with Crippen molar-refractivity contribution in [2.24, 2.45) is 0 Å².